The minimum absolute atomic E-state index is 0.0929. The molecule has 8 rings (SSSR count). The molecule has 0 aliphatic carbocycles. The summed E-state index contributed by atoms with van der Waals surface area (Å²) in [6.45, 7) is 11.8. The summed E-state index contributed by atoms with van der Waals surface area (Å²) < 4.78 is 28.0. The first-order chi connectivity index (χ1) is 29.8. The number of hydrogen-bond acceptors (Lipinski definition) is 11. The number of methoxy groups -OCH3 is 3. The average molecular weight is 853 g/mol. The molecule has 2 aromatic carbocycles. The lowest BCUT2D eigenvalue weighted by atomic mass is 9.87. The van der Waals surface area contributed by atoms with Crippen molar-refractivity contribution in [1.82, 2.24) is 40.4 Å². The number of amides is 4. The fourth-order valence-corrected chi connectivity index (χ4v) is 9.38. The van der Waals surface area contributed by atoms with E-state index in [2.05, 4.69) is 39.7 Å². The molecule has 6 atom stereocenters. The number of carbonyl (C=O) groups excluding carboxylic acids is 4. The van der Waals surface area contributed by atoms with Crippen molar-refractivity contribution >= 4 is 24.0 Å². The molecular weight excluding hydrogens is 797 g/mol. The maximum Gasteiger partial charge on any atom is 0.407 e. The van der Waals surface area contributed by atoms with Crippen LogP contribution < -0.4 is 20.1 Å². The molecule has 0 bridgehead atoms. The van der Waals surface area contributed by atoms with E-state index in [4.69, 9.17) is 33.7 Å². The monoisotopic (exact) mass is 852 g/mol. The summed E-state index contributed by atoms with van der Waals surface area (Å²) in [4.78, 5) is 72.3. The molecule has 0 radical (unpaired) electrons. The fourth-order valence-electron chi connectivity index (χ4n) is 9.38. The zero-order valence-corrected chi connectivity index (χ0v) is 36.5. The normalized spacial score (nSPS) is 20.9. The number of imidazole rings is 2. The van der Waals surface area contributed by atoms with Crippen LogP contribution in [0.3, 0.4) is 0 Å². The van der Waals surface area contributed by atoms with Gasteiger partial charge in [-0.15, -0.1) is 0 Å². The van der Waals surface area contributed by atoms with Crippen LogP contribution in [-0.2, 0) is 37.0 Å². The summed E-state index contributed by atoms with van der Waals surface area (Å²) in [5, 5.41) is 5.43. The molecule has 0 saturated carbocycles. The van der Waals surface area contributed by atoms with Crippen LogP contribution in [-0.4, -0.2) is 107 Å². The Morgan fingerprint density at radius 1 is 0.726 bits per heavy atom. The van der Waals surface area contributed by atoms with Crippen LogP contribution in [0.15, 0.2) is 36.7 Å². The van der Waals surface area contributed by atoms with Crippen LogP contribution >= 0.6 is 0 Å². The third-order valence-electron chi connectivity index (χ3n) is 12.5. The molecule has 4 aliphatic heterocycles. The highest BCUT2D eigenvalue weighted by Crippen LogP contribution is 2.51. The van der Waals surface area contributed by atoms with Crippen molar-refractivity contribution < 1.29 is 42.9 Å². The Morgan fingerprint density at radius 3 is 1.65 bits per heavy atom. The van der Waals surface area contributed by atoms with Gasteiger partial charge in [0.25, 0.3) is 0 Å². The molecule has 4 aliphatic rings. The highest BCUT2D eigenvalue weighted by molar-refractivity contribution is 5.89. The van der Waals surface area contributed by atoms with Gasteiger partial charge in [-0.25, -0.2) is 19.6 Å². The van der Waals surface area contributed by atoms with Crippen molar-refractivity contribution in [2.24, 2.45) is 23.7 Å². The molecule has 62 heavy (non-hydrogen) atoms. The zero-order valence-electron chi connectivity index (χ0n) is 36.5. The lowest BCUT2D eigenvalue weighted by molar-refractivity contribution is -0.136. The van der Waals surface area contributed by atoms with Gasteiger partial charge in [0.1, 0.15) is 48.4 Å². The van der Waals surface area contributed by atoms with Crippen LogP contribution in [0.1, 0.15) is 82.3 Å². The number of aromatic nitrogens is 4. The molecule has 6 heterocycles. The van der Waals surface area contributed by atoms with E-state index in [0.717, 1.165) is 62.7 Å². The van der Waals surface area contributed by atoms with Crippen LogP contribution in [0, 0.1) is 23.7 Å². The van der Waals surface area contributed by atoms with Crippen molar-refractivity contribution in [2.75, 3.05) is 41.0 Å². The summed E-state index contributed by atoms with van der Waals surface area (Å²) in [6.07, 6.45) is 3.66. The molecule has 4 N–H and O–H groups in total. The number of hydrogen-bond donors (Lipinski definition) is 4. The highest BCUT2D eigenvalue weighted by Gasteiger charge is 2.43. The van der Waals surface area contributed by atoms with E-state index < -0.39 is 24.3 Å². The summed E-state index contributed by atoms with van der Waals surface area (Å²) in [6, 6.07) is 6.10. The van der Waals surface area contributed by atoms with E-state index in [1.165, 1.54) is 14.2 Å². The van der Waals surface area contributed by atoms with Crippen LogP contribution in [0.25, 0.3) is 33.6 Å². The number of ether oxygens (including phenoxy) is 5. The minimum atomic E-state index is -0.765. The number of alkyl carbamates (subject to hydrolysis) is 2. The number of carbonyl (C=O) groups is 4. The lowest BCUT2D eigenvalue weighted by Gasteiger charge is -2.30. The smallest absolute Gasteiger partial charge is 0.407 e. The summed E-state index contributed by atoms with van der Waals surface area (Å²) >= 11 is 0. The summed E-state index contributed by atoms with van der Waals surface area (Å²) in [7, 11) is 4.22. The average Bonchev–Trinajstić information content (AvgIpc) is 4.09. The number of rotatable bonds is 12. The van der Waals surface area contributed by atoms with Crippen molar-refractivity contribution in [1.29, 1.82) is 0 Å². The first-order valence-electron chi connectivity index (χ1n) is 21.3. The Balaban J connectivity index is 1.03. The predicted octanol–water partition coefficient (Wildman–Crippen LogP) is 6.13. The van der Waals surface area contributed by atoms with Gasteiger partial charge in [-0.05, 0) is 54.9 Å². The van der Waals surface area contributed by atoms with Crippen molar-refractivity contribution in [3.63, 3.8) is 0 Å². The van der Waals surface area contributed by atoms with E-state index in [1.807, 2.05) is 44.7 Å². The third-order valence-corrected chi connectivity index (χ3v) is 12.5. The molecule has 17 nitrogen and oxygen atoms in total. The van der Waals surface area contributed by atoms with Gasteiger partial charge < -0.3 is 54.1 Å². The van der Waals surface area contributed by atoms with Crippen LogP contribution in [0.2, 0.25) is 0 Å². The quantitative estimate of drug-likeness (QED) is 0.128. The second kappa shape index (κ2) is 17.3. The summed E-state index contributed by atoms with van der Waals surface area (Å²) in [5.74, 6) is 2.49. The number of benzene rings is 2. The Labute approximate surface area is 360 Å². The standard InChI is InChI=1S/C45H56N8O9/c1-22(2)38(50-44(56)59-7)42(54)52-17-24(5)9-32(52)40-46-15-30(48-40)26-11-28-20-62-35-14-27(12-29-21-61-34(13-26)36(28)37(29)35)31-16-47-41(49-31)33-10-25(19-58-6)18-53(33)43(55)39(23(3)4)51-45(57)60-8/h11-16,22-25,32-33,38-39H,9-10,17-21H2,1-8H3,(H,46,48)(H,47,49)(H,50,56)(H,51,57)/t24-,25-,32-,33-,38-,39?/m0/s1. The molecule has 1 unspecified atom stereocenters. The Hall–Kier alpha value is -6.10. The number of nitrogens with zero attached hydrogens (tertiary/aromatic N) is 4. The molecule has 2 fully saturated rings. The third kappa shape index (κ3) is 8.05. The minimum Gasteiger partial charge on any atom is -0.488 e. The van der Waals surface area contributed by atoms with Gasteiger partial charge >= 0.3 is 12.2 Å². The molecular formula is C45H56N8O9. The van der Waals surface area contributed by atoms with Crippen molar-refractivity contribution in [2.45, 2.75) is 84.8 Å². The van der Waals surface area contributed by atoms with E-state index in [9.17, 15) is 19.2 Å². The molecule has 4 amide bonds. The van der Waals surface area contributed by atoms with Gasteiger partial charge in [0.2, 0.25) is 11.8 Å². The predicted molar refractivity (Wildman–Crippen MR) is 227 cm³/mol. The second-order valence-electron chi connectivity index (χ2n) is 17.6. The van der Waals surface area contributed by atoms with Gasteiger partial charge in [-0.2, -0.15) is 0 Å². The number of likely N-dealkylation sites (tertiary alicyclic amines) is 2. The Morgan fingerprint density at radius 2 is 1.19 bits per heavy atom. The van der Waals surface area contributed by atoms with Gasteiger partial charge in [0.15, 0.2) is 0 Å². The lowest BCUT2D eigenvalue weighted by Crippen LogP contribution is -2.51. The largest absolute Gasteiger partial charge is 0.488 e. The van der Waals surface area contributed by atoms with E-state index in [-0.39, 0.29) is 47.6 Å². The zero-order chi connectivity index (χ0) is 44.0. The number of nitrogens with one attached hydrogen (secondary N) is 4. The SMILES string of the molecule is COC[C@H]1C[C@@H](c2ncc(-c3cc4c5c(c3)OCc3cc(-c6cnc([C@@H]7C[C@H](C)CN7C(=O)[C@@H](NC(=O)OC)C(C)C)[nH]6)cc(c3-5)OC4)[nH]2)N(C(=O)C(NC(=O)OC)C(C)C)C1. The van der Waals surface area contributed by atoms with Crippen molar-refractivity contribution in [3.8, 4) is 45.1 Å². The van der Waals surface area contributed by atoms with Crippen LogP contribution in [0.4, 0.5) is 9.59 Å². The molecule has 2 saturated heterocycles. The van der Waals surface area contributed by atoms with E-state index in [1.54, 1.807) is 24.4 Å². The second-order valence-corrected chi connectivity index (χ2v) is 17.6. The highest BCUT2D eigenvalue weighted by atomic mass is 16.5. The van der Waals surface area contributed by atoms with Crippen molar-refractivity contribution in [3.05, 3.63) is 59.4 Å². The molecule has 2 aromatic heterocycles. The molecule has 330 valence electrons. The first-order valence-corrected chi connectivity index (χ1v) is 21.3. The maximum atomic E-state index is 14.0. The Kier molecular flexibility index (Phi) is 11.9. The van der Waals surface area contributed by atoms with Gasteiger partial charge in [0, 0.05) is 59.5 Å². The number of H-pyrrole nitrogens is 2. The van der Waals surface area contributed by atoms with E-state index >= 15 is 0 Å². The van der Waals surface area contributed by atoms with Gasteiger partial charge in [-0.1, -0.05) is 34.6 Å². The topological polar surface area (TPSA) is 202 Å². The molecule has 4 aromatic rings. The van der Waals surface area contributed by atoms with Gasteiger partial charge in [-0.3, -0.25) is 9.59 Å². The summed E-state index contributed by atoms with van der Waals surface area (Å²) in [5.41, 5.74) is 7.28. The maximum absolute atomic E-state index is 14.0. The fraction of sp³-hybridized carbons (Fsp3) is 0.511. The first kappa shape index (κ1) is 42.6. The number of aromatic amines is 2. The molecule has 0 spiro atoms. The van der Waals surface area contributed by atoms with Crippen LogP contribution in [0.5, 0.6) is 11.5 Å². The van der Waals surface area contributed by atoms with Gasteiger partial charge in [0.05, 0.1) is 56.7 Å². The molecule has 17 heteroatoms. The van der Waals surface area contributed by atoms with E-state index in [0.29, 0.717) is 51.0 Å². The Bertz CT molecular complexity index is 2310.